The van der Waals surface area contributed by atoms with Crippen molar-refractivity contribution in [3.05, 3.63) is 59.7 Å². The van der Waals surface area contributed by atoms with E-state index < -0.39 is 0 Å². The number of fused-ring (bicyclic) bond motifs is 6. The number of hydrogen-bond donors (Lipinski definition) is 2. The lowest BCUT2D eigenvalue weighted by atomic mass is 10.1. The van der Waals surface area contributed by atoms with Gasteiger partial charge < -0.3 is 9.97 Å². The van der Waals surface area contributed by atoms with Crippen LogP contribution in [0.1, 0.15) is 38.8 Å². The molecule has 0 fully saturated rings. The first-order chi connectivity index (χ1) is 12.7. The SMILES string of the molecule is CC.CC.Cc1ccc2[nH]c3cc4c(cc3c2c1)[nH]c1ccc(C)cc14. The van der Waals surface area contributed by atoms with Gasteiger partial charge in [-0.05, 0) is 50.2 Å². The Hall–Kier alpha value is -2.74. The predicted molar refractivity (Wildman–Crippen MR) is 117 cm³/mol. The number of rotatable bonds is 0. The minimum atomic E-state index is 1.20. The zero-order valence-corrected chi connectivity index (χ0v) is 16.6. The van der Waals surface area contributed by atoms with Crippen LogP contribution < -0.4 is 0 Å². The summed E-state index contributed by atoms with van der Waals surface area (Å²) in [7, 11) is 0. The second kappa shape index (κ2) is 7.25. The highest BCUT2D eigenvalue weighted by molar-refractivity contribution is 6.17. The lowest BCUT2D eigenvalue weighted by molar-refractivity contribution is 1.49. The van der Waals surface area contributed by atoms with E-state index in [1.165, 1.54) is 54.7 Å². The predicted octanol–water partition coefficient (Wildman–Crippen LogP) is 7.62. The fraction of sp³-hybridized carbons (Fsp3) is 0.250. The maximum Gasteiger partial charge on any atom is 0.0472 e. The summed E-state index contributed by atoms with van der Waals surface area (Å²) in [6, 6.07) is 17.7. The fourth-order valence-corrected chi connectivity index (χ4v) is 3.52. The van der Waals surface area contributed by atoms with Crippen molar-refractivity contribution < 1.29 is 0 Å². The Kier molecular flexibility index (Phi) is 5.03. The summed E-state index contributed by atoms with van der Waals surface area (Å²) < 4.78 is 0. The van der Waals surface area contributed by atoms with Crippen molar-refractivity contribution in [1.29, 1.82) is 0 Å². The summed E-state index contributed by atoms with van der Waals surface area (Å²) in [5, 5.41) is 5.17. The van der Waals surface area contributed by atoms with Gasteiger partial charge >= 0.3 is 0 Å². The molecule has 0 saturated carbocycles. The normalized spacial score (nSPS) is 10.7. The molecule has 0 spiro atoms. The van der Waals surface area contributed by atoms with Gasteiger partial charge in [0, 0.05) is 43.6 Å². The van der Waals surface area contributed by atoms with E-state index >= 15 is 0 Å². The Morgan fingerprint density at radius 1 is 0.462 bits per heavy atom. The van der Waals surface area contributed by atoms with Crippen LogP contribution in [0.5, 0.6) is 0 Å². The molecule has 2 heterocycles. The van der Waals surface area contributed by atoms with Crippen LogP contribution >= 0.6 is 0 Å². The van der Waals surface area contributed by atoms with Gasteiger partial charge in [0.05, 0.1) is 0 Å². The number of aromatic amines is 2. The Morgan fingerprint density at radius 2 is 0.808 bits per heavy atom. The van der Waals surface area contributed by atoms with Gasteiger partial charge in [-0.15, -0.1) is 0 Å². The van der Waals surface area contributed by atoms with E-state index in [1.54, 1.807) is 0 Å². The minimum absolute atomic E-state index is 1.20. The Labute approximate surface area is 155 Å². The van der Waals surface area contributed by atoms with E-state index in [1.807, 2.05) is 27.7 Å². The Bertz CT molecular complexity index is 1090. The summed E-state index contributed by atoms with van der Waals surface area (Å²) in [5.41, 5.74) is 7.40. The molecule has 0 atom stereocenters. The average molecular weight is 345 g/mol. The Morgan fingerprint density at radius 3 is 1.19 bits per heavy atom. The van der Waals surface area contributed by atoms with Crippen molar-refractivity contribution in [1.82, 2.24) is 9.97 Å². The molecule has 0 radical (unpaired) electrons. The Balaban J connectivity index is 0.000000461. The quantitative estimate of drug-likeness (QED) is 0.289. The molecule has 5 aromatic rings. The van der Waals surface area contributed by atoms with Crippen molar-refractivity contribution in [2.75, 3.05) is 0 Å². The van der Waals surface area contributed by atoms with Crippen LogP contribution in [0.4, 0.5) is 0 Å². The summed E-state index contributed by atoms with van der Waals surface area (Å²) in [6.45, 7) is 12.3. The number of hydrogen-bond acceptors (Lipinski definition) is 0. The topological polar surface area (TPSA) is 31.6 Å². The summed E-state index contributed by atoms with van der Waals surface area (Å²) >= 11 is 0. The zero-order chi connectivity index (χ0) is 18.8. The van der Waals surface area contributed by atoms with Crippen molar-refractivity contribution in [3.8, 4) is 0 Å². The second-order valence-electron chi connectivity index (χ2n) is 6.29. The molecular weight excluding hydrogens is 316 g/mol. The van der Waals surface area contributed by atoms with Crippen molar-refractivity contribution in [2.24, 2.45) is 0 Å². The van der Waals surface area contributed by atoms with Gasteiger partial charge in [0.1, 0.15) is 0 Å². The highest BCUT2D eigenvalue weighted by Crippen LogP contribution is 2.33. The monoisotopic (exact) mass is 344 g/mol. The molecule has 26 heavy (non-hydrogen) atoms. The van der Waals surface area contributed by atoms with Crippen LogP contribution in [0, 0.1) is 13.8 Å². The van der Waals surface area contributed by atoms with E-state index in [2.05, 4.69) is 72.3 Å². The van der Waals surface area contributed by atoms with E-state index in [0.29, 0.717) is 0 Å². The molecule has 0 aliphatic heterocycles. The average Bonchev–Trinajstić information content (AvgIpc) is 3.20. The highest BCUT2D eigenvalue weighted by Gasteiger charge is 2.10. The molecule has 3 aromatic carbocycles. The molecule has 0 saturated heterocycles. The largest absolute Gasteiger partial charge is 0.354 e. The molecule has 2 aromatic heterocycles. The van der Waals surface area contributed by atoms with E-state index in [0.717, 1.165) is 0 Å². The highest BCUT2D eigenvalue weighted by atomic mass is 14.7. The third kappa shape index (κ3) is 2.86. The zero-order valence-electron chi connectivity index (χ0n) is 16.6. The van der Waals surface area contributed by atoms with Crippen LogP contribution in [0.15, 0.2) is 48.5 Å². The smallest absolute Gasteiger partial charge is 0.0472 e. The van der Waals surface area contributed by atoms with Crippen LogP contribution in [0.25, 0.3) is 43.6 Å². The lowest BCUT2D eigenvalue weighted by Crippen LogP contribution is -1.72. The number of H-pyrrole nitrogens is 2. The van der Waals surface area contributed by atoms with Gasteiger partial charge in [0.2, 0.25) is 0 Å². The molecule has 134 valence electrons. The molecule has 0 aliphatic rings. The standard InChI is InChI=1S/C20H16N2.2C2H6/c1-11-3-5-17-13(7-11)15-9-20-16(10-19(15)21-17)14-8-12(2)4-6-18(14)22-20;2*1-2/h3-10,21-22H,1-2H3;2*1-2H3. The molecule has 2 nitrogen and oxygen atoms in total. The molecule has 0 unspecified atom stereocenters. The number of aryl methyl sites for hydroxylation is 2. The van der Waals surface area contributed by atoms with E-state index in [-0.39, 0.29) is 0 Å². The van der Waals surface area contributed by atoms with Crippen molar-refractivity contribution >= 4 is 43.6 Å². The number of nitrogens with one attached hydrogen (secondary N) is 2. The van der Waals surface area contributed by atoms with Crippen LogP contribution in [-0.2, 0) is 0 Å². The first kappa shape index (κ1) is 18.1. The summed E-state index contributed by atoms with van der Waals surface area (Å²) in [5.74, 6) is 0. The van der Waals surface area contributed by atoms with Gasteiger partial charge in [0.15, 0.2) is 0 Å². The fourth-order valence-electron chi connectivity index (χ4n) is 3.52. The van der Waals surface area contributed by atoms with Gasteiger partial charge in [-0.3, -0.25) is 0 Å². The molecule has 0 aliphatic carbocycles. The van der Waals surface area contributed by atoms with E-state index in [4.69, 9.17) is 0 Å². The van der Waals surface area contributed by atoms with Gasteiger partial charge in [-0.1, -0.05) is 51.0 Å². The van der Waals surface area contributed by atoms with Crippen LogP contribution in [-0.4, -0.2) is 9.97 Å². The maximum absolute atomic E-state index is 3.55. The van der Waals surface area contributed by atoms with Gasteiger partial charge in [-0.2, -0.15) is 0 Å². The first-order valence-corrected chi connectivity index (χ1v) is 9.63. The first-order valence-electron chi connectivity index (χ1n) is 9.63. The van der Waals surface area contributed by atoms with E-state index in [9.17, 15) is 0 Å². The van der Waals surface area contributed by atoms with Crippen molar-refractivity contribution in [2.45, 2.75) is 41.5 Å². The molecular formula is C24H28N2. The van der Waals surface area contributed by atoms with Crippen LogP contribution in [0.2, 0.25) is 0 Å². The third-order valence-electron chi connectivity index (χ3n) is 4.63. The molecule has 0 amide bonds. The van der Waals surface area contributed by atoms with Crippen LogP contribution in [0.3, 0.4) is 0 Å². The van der Waals surface area contributed by atoms with Gasteiger partial charge in [-0.25, -0.2) is 0 Å². The number of benzene rings is 3. The second-order valence-corrected chi connectivity index (χ2v) is 6.29. The van der Waals surface area contributed by atoms with Gasteiger partial charge in [0.25, 0.3) is 0 Å². The lowest BCUT2D eigenvalue weighted by Gasteiger charge is -1.95. The summed E-state index contributed by atoms with van der Waals surface area (Å²) in [4.78, 5) is 7.11. The molecule has 5 rings (SSSR count). The third-order valence-corrected chi connectivity index (χ3v) is 4.63. The number of aromatic nitrogens is 2. The molecule has 2 heteroatoms. The minimum Gasteiger partial charge on any atom is -0.354 e. The molecule has 0 bridgehead atoms. The van der Waals surface area contributed by atoms with Crippen molar-refractivity contribution in [3.63, 3.8) is 0 Å². The summed E-state index contributed by atoms with van der Waals surface area (Å²) in [6.07, 6.45) is 0. The maximum atomic E-state index is 3.55. The molecule has 2 N–H and O–H groups in total.